The van der Waals surface area contributed by atoms with Crippen molar-refractivity contribution in [2.45, 2.75) is 23.8 Å². The quantitative estimate of drug-likeness (QED) is 0.553. The Labute approximate surface area is 133 Å². The molecule has 3 rings (SSSR count). The van der Waals surface area contributed by atoms with Crippen molar-refractivity contribution in [1.82, 2.24) is 0 Å². The summed E-state index contributed by atoms with van der Waals surface area (Å²) < 4.78 is 0.899. The van der Waals surface area contributed by atoms with Crippen molar-refractivity contribution in [3.05, 3.63) is 57.8 Å². The first kappa shape index (κ1) is 14.1. The lowest BCUT2D eigenvalue weighted by molar-refractivity contribution is 0.760. The third-order valence-electron chi connectivity index (χ3n) is 3.42. The van der Waals surface area contributed by atoms with Gasteiger partial charge in [0.05, 0.1) is 10.4 Å². The van der Waals surface area contributed by atoms with Gasteiger partial charge in [-0.3, -0.25) is 0 Å². The van der Waals surface area contributed by atoms with Crippen LogP contribution in [-0.2, 0) is 6.42 Å². The van der Waals surface area contributed by atoms with Gasteiger partial charge in [0, 0.05) is 21.2 Å². The largest absolute Gasteiger partial charge is 0.377 e. The molecule has 0 radical (unpaired) electrons. The second-order valence-electron chi connectivity index (χ2n) is 4.76. The minimum Gasteiger partial charge on any atom is -0.377 e. The van der Waals surface area contributed by atoms with Crippen molar-refractivity contribution >= 4 is 40.4 Å². The van der Waals surface area contributed by atoms with E-state index < -0.39 is 0 Å². The van der Waals surface area contributed by atoms with E-state index in [4.69, 9.17) is 11.6 Å². The molecule has 1 atom stereocenters. The van der Waals surface area contributed by atoms with Gasteiger partial charge in [-0.15, -0.1) is 29.7 Å². The molecule has 0 fully saturated rings. The Kier molecular flexibility index (Phi) is 4.39. The number of rotatable bonds is 5. The Morgan fingerprint density at radius 2 is 2.30 bits per heavy atom. The van der Waals surface area contributed by atoms with Crippen molar-refractivity contribution < 1.29 is 0 Å². The minimum absolute atomic E-state index is 0.388. The number of aryl methyl sites for hydroxylation is 1. The van der Waals surface area contributed by atoms with Crippen molar-refractivity contribution in [2.24, 2.45) is 0 Å². The Hall–Kier alpha value is -0.900. The van der Waals surface area contributed by atoms with E-state index in [1.165, 1.54) is 21.0 Å². The van der Waals surface area contributed by atoms with Crippen LogP contribution in [0.4, 0.5) is 5.69 Å². The standard InChI is InChI=1S/C16H16ClNS2/c1-2-9-19-15-6-4-3-5-13(15)18-12-7-8-14-11(12)10-16(17)20-14/h2-6,10,12,18H,1,7-9H2. The van der Waals surface area contributed by atoms with Gasteiger partial charge in [-0.05, 0) is 36.6 Å². The summed E-state index contributed by atoms with van der Waals surface area (Å²) >= 11 is 9.65. The van der Waals surface area contributed by atoms with Crippen LogP contribution in [0.25, 0.3) is 0 Å². The van der Waals surface area contributed by atoms with Gasteiger partial charge in [-0.25, -0.2) is 0 Å². The maximum absolute atomic E-state index is 6.12. The molecule has 1 N–H and O–H groups in total. The number of nitrogens with one attached hydrogen (secondary N) is 1. The molecule has 2 aromatic rings. The summed E-state index contributed by atoms with van der Waals surface area (Å²) in [4.78, 5) is 2.71. The molecule has 1 aliphatic rings. The molecular formula is C16H16ClNS2. The van der Waals surface area contributed by atoms with E-state index in [1.54, 1.807) is 11.3 Å². The van der Waals surface area contributed by atoms with Crippen molar-refractivity contribution in [2.75, 3.05) is 11.1 Å². The van der Waals surface area contributed by atoms with Gasteiger partial charge >= 0.3 is 0 Å². The van der Waals surface area contributed by atoms with E-state index in [1.807, 2.05) is 17.8 Å². The van der Waals surface area contributed by atoms with Crippen LogP contribution >= 0.6 is 34.7 Å². The molecule has 1 nitrogen and oxygen atoms in total. The number of thiophene rings is 1. The van der Waals surface area contributed by atoms with Crippen molar-refractivity contribution in [3.8, 4) is 0 Å². The monoisotopic (exact) mass is 321 g/mol. The summed E-state index contributed by atoms with van der Waals surface area (Å²) in [7, 11) is 0. The summed E-state index contributed by atoms with van der Waals surface area (Å²) in [6.07, 6.45) is 4.22. The Morgan fingerprint density at radius 1 is 1.45 bits per heavy atom. The summed E-state index contributed by atoms with van der Waals surface area (Å²) in [5.41, 5.74) is 2.59. The second-order valence-corrected chi connectivity index (χ2v) is 7.59. The van der Waals surface area contributed by atoms with Crippen LogP contribution in [0.15, 0.2) is 47.9 Å². The number of anilines is 1. The molecular weight excluding hydrogens is 306 g/mol. The predicted molar refractivity (Wildman–Crippen MR) is 91.4 cm³/mol. The normalized spacial score (nSPS) is 16.9. The first-order valence-electron chi connectivity index (χ1n) is 6.65. The number of para-hydroxylation sites is 1. The molecule has 104 valence electrons. The molecule has 20 heavy (non-hydrogen) atoms. The van der Waals surface area contributed by atoms with Gasteiger partial charge in [0.25, 0.3) is 0 Å². The van der Waals surface area contributed by atoms with Gasteiger partial charge < -0.3 is 5.32 Å². The third-order valence-corrected chi connectivity index (χ3v) is 5.83. The van der Waals surface area contributed by atoms with Gasteiger partial charge in [0.2, 0.25) is 0 Å². The van der Waals surface area contributed by atoms with E-state index in [0.29, 0.717) is 6.04 Å². The predicted octanol–water partition coefficient (Wildman–Crippen LogP) is 5.78. The zero-order valence-corrected chi connectivity index (χ0v) is 13.5. The van der Waals surface area contributed by atoms with Gasteiger partial charge in [0.1, 0.15) is 0 Å². The number of fused-ring (bicyclic) bond motifs is 1. The molecule has 1 unspecified atom stereocenters. The summed E-state index contributed by atoms with van der Waals surface area (Å²) in [5, 5.41) is 3.68. The summed E-state index contributed by atoms with van der Waals surface area (Å²) in [5.74, 6) is 0.929. The molecule has 1 aromatic heterocycles. The molecule has 0 aliphatic heterocycles. The molecule has 1 heterocycles. The van der Waals surface area contributed by atoms with E-state index >= 15 is 0 Å². The number of benzene rings is 1. The molecule has 0 bridgehead atoms. The maximum Gasteiger partial charge on any atom is 0.0934 e. The highest BCUT2D eigenvalue weighted by Crippen LogP contribution is 2.42. The van der Waals surface area contributed by atoms with Crippen LogP contribution in [0.5, 0.6) is 0 Å². The van der Waals surface area contributed by atoms with Crippen LogP contribution in [0.3, 0.4) is 0 Å². The number of halogens is 1. The fourth-order valence-electron chi connectivity index (χ4n) is 2.53. The van der Waals surface area contributed by atoms with Crippen LogP contribution in [0, 0.1) is 0 Å². The second kappa shape index (κ2) is 6.25. The first-order valence-corrected chi connectivity index (χ1v) is 8.83. The van der Waals surface area contributed by atoms with E-state index in [9.17, 15) is 0 Å². The van der Waals surface area contributed by atoms with Crippen LogP contribution in [0.1, 0.15) is 22.9 Å². The smallest absolute Gasteiger partial charge is 0.0934 e. The number of thioether (sulfide) groups is 1. The lowest BCUT2D eigenvalue weighted by Crippen LogP contribution is -2.07. The van der Waals surface area contributed by atoms with Gasteiger partial charge in [-0.2, -0.15) is 0 Å². The molecule has 0 saturated heterocycles. The molecule has 1 aromatic carbocycles. The Bertz CT molecular complexity index is 621. The zero-order valence-electron chi connectivity index (χ0n) is 11.1. The highest BCUT2D eigenvalue weighted by Gasteiger charge is 2.25. The lowest BCUT2D eigenvalue weighted by Gasteiger charge is -2.17. The van der Waals surface area contributed by atoms with Crippen molar-refractivity contribution in [3.63, 3.8) is 0 Å². The number of hydrogen-bond acceptors (Lipinski definition) is 3. The van der Waals surface area contributed by atoms with Crippen molar-refractivity contribution in [1.29, 1.82) is 0 Å². The van der Waals surface area contributed by atoms with Crippen LogP contribution < -0.4 is 5.32 Å². The summed E-state index contributed by atoms with van der Waals surface area (Å²) in [6.45, 7) is 3.79. The van der Waals surface area contributed by atoms with E-state index in [0.717, 1.165) is 22.9 Å². The van der Waals surface area contributed by atoms with E-state index in [-0.39, 0.29) is 0 Å². The SMILES string of the molecule is C=CCSc1ccccc1NC1CCc2sc(Cl)cc21. The molecule has 0 saturated carbocycles. The first-order chi connectivity index (χ1) is 9.78. The number of hydrogen-bond donors (Lipinski definition) is 1. The average molecular weight is 322 g/mol. The lowest BCUT2D eigenvalue weighted by atomic mass is 10.1. The highest BCUT2D eigenvalue weighted by atomic mass is 35.5. The third kappa shape index (κ3) is 2.90. The fourth-order valence-corrected chi connectivity index (χ4v) is 4.64. The zero-order chi connectivity index (χ0) is 13.9. The summed E-state index contributed by atoms with van der Waals surface area (Å²) in [6, 6.07) is 11.0. The molecule has 4 heteroatoms. The Balaban J connectivity index is 1.80. The van der Waals surface area contributed by atoms with E-state index in [2.05, 4.69) is 42.2 Å². The average Bonchev–Trinajstić information content (AvgIpc) is 2.98. The van der Waals surface area contributed by atoms with Crippen LogP contribution in [-0.4, -0.2) is 5.75 Å². The minimum atomic E-state index is 0.388. The maximum atomic E-state index is 6.12. The molecule has 1 aliphatic carbocycles. The fraction of sp³-hybridized carbons (Fsp3) is 0.250. The van der Waals surface area contributed by atoms with Crippen LogP contribution in [0.2, 0.25) is 4.34 Å². The van der Waals surface area contributed by atoms with Gasteiger partial charge in [0.15, 0.2) is 0 Å². The topological polar surface area (TPSA) is 12.0 Å². The Morgan fingerprint density at radius 3 is 3.15 bits per heavy atom. The van der Waals surface area contributed by atoms with Gasteiger partial charge in [-0.1, -0.05) is 29.8 Å². The molecule has 0 amide bonds. The highest BCUT2D eigenvalue weighted by molar-refractivity contribution is 7.99. The molecule has 0 spiro atoms.